The fraction of sp³-hybridized carbons (Fsp3) is 0.143. The summed E-state index contributed by atoms with van der Waals surface area (Å²) in [6.07, 6.45) is 1.98. The molecular formula is C42H36N2S. The van der Waals surface area contributed by atoms with Gasteiger partial charge in [0.05, 0.1) is 15.9 Å². The van der Waals surface area contributed by atoms with E-state index in [0.717, 1.165) is 27.3 Å². The number of aromatic nitrogens is 1. The molecule has 220 valence electrons. The van der Waals surface area contributed by atoms with Gasteiger partial charge in [-0.25, -0.2) is 4.98 Å². The Morgan fingerprint density at radius 3 is 2.24 bits per heavy atom. The molecule has 0 bridgehead atoms. The molecular weight excluding hydrogens is 565 g/mol. The number of thiazole rings is 1. The summed E-state index contributed by atoms with van der Waals surface area (Å²) in [6.45, 7) is 11.2. The molecule has 0 N–H and O–H groups in total. The van der Waals surface area contributed by atoms with E-state index in [1.54, 1.807) is 11.3 Å². The van der Waals surface area contributed by atoms with E-state index in [1.165, 1.54) is 54.4 Å². The predicted molar refractivity (Wildman–Crippen MR) is 195 cm³/mol. The Morgan fingerprint density at radius 1 is 0.667 bits per heavy atom. The number of aryl methyl sites for hydroxylation is 2. The van der Waals surface area contributed by atoms with Crippen molar-refractivity contribution in [3.05, 3.63) is 144 Å². The van der Waals surface area contributed by atoms with Gasteiger partial charge in [0.25, 0.3) is 0 Å². The van der Waals surface area contributed by atoms with Crippen LogP contribution in [0.5, 0.6) is 0 Å². The first kappa shape index (κ1) is 28.9. The maximum atomic E-state index is 5.33. The second-order valence-electron chi connectivity index (χ2n) is 12.9. The highest BCUT2D eigenvalue weighted by molar-refractivity contribution is 7.21. The highest BCUT2D eigenvalue weighted by Gasteiger charge is 2.21. The van der Waals surface area contributed by atoms with Crippen molar-refractivity contribution < 1.29 is 0 Å². The summed E-state index contributed by atoms with van der Waals surface area (Å²) >= 11 is 1.75. The average Bonchev–Trinajstić information content (AvgIpc) is 3.48. The molecule has 7 aromatic rings. The van der Waals surface area contributed by atoms with Gasteiger partial charge >= 0.3 is 0 Å². The Kier molecular flexibility index (Phi) is 7.43. The monoisotopic (exact) mass is 600 g/mol. The maximum Gasteiger partial charge on any atom is 0.126 e. The Hall–Kier alpha value is -4.86. The number of fused-ring (bicyclic) bond motifs is 2. The van der Waals surface area contributed by atoms with Crippen LogP contribution < -0.4 is 0 Å². The number of hydrogen-bond acceptors (Lipinski definition) is 3. The van der Waals surface area contributed by atoms with Crippen LogP contribution in [0.25, 0.3) is 53.8 Å². The highest BCUT2D eigenvalue weighted by Crippen LogP contribution is 2.42. The summed E-state index contributed by atoms with van der Waals surface area (Å²) < 4.78 is 1.19. The second-order valence-corrected chi connectivity index (χ2v) is 13.9. The van der Waals surface area contributed by atoms with Crippen molar-refractivity contribution in [1.82, 2.24) is 4.98 Å². The SMILES string of the molecule is Cc1ccc(C)c(-c2cccc(-c3cc(C(C)(C)C)cc4sc(-c5ccccc5N=Cc5cccc6ccccc56)nc34)c2)c1. The standard InChI is InChI=1S/C42H36N2S/c1-27-20-21-28(2)36(22-27)30-14-11-15-31(23-30)37-24-33(42(3,4)5)25-39-40(37)44-41(45-39)35-18-8-9-19-38(35)43-26-32-16-10-13-29-12-6-7-17-34(29)32/h6-26H,1-5H3. The van der Waals surface area contributed by atoms with E-state index in [2.05, 4.69) is 156 Å². The molecule has 0 radical (unpaired) electrons. The number of aliphatic imine (C=N–C) groups is 1. The van der Waals surface area contributed by atoms with Gasteiger partial charge < -0.3 is 0 Å². The molecule has 0 aliphatic rings. The van der Waals surface area contributed by atoms with Gasteiger partial charge in [-0.05, 0) is 88.2 Å². The van der Waals surface area contributed by atoms with Crippen molar-refractivity contribution in [3.8, 4) is 32.8 Å². The van der Waals surface area contributed by atoms with Crippen LogP contribution in [0.1, 0.15) is 43.0 Å². The predicted octanol–water partition coefficient (Wildman–Crippen LogP) is 12.1. The van der Waals surface area contributed by atoms with Crippen molar-refractivity contribution in [2.45, 2.75) is 40.0 Å². The first-order valence-corrected chi connectivity index (χ1v) is 16.3. The number of hydrogen-bond donors (Lipinski definition) is 0. The third-order valence-corrected chi connectivity index (χ3v) is 9.57. The first-order valence-electron chi connectivity index (χ1n) is 15.5. The lowest BCUT2D eigenvalue weighted by Gasteiger charge is -2.20. The van der Waals surface area contributed by atoms with Crippen LogP contribution in [-0.2, 0) is 5.41 Å². The maximum absolute atomic E-state index is 5.33. The van der Waals surface area contributed by atoms with Crippen molar-refractivity contribution >= 4 is 44.2 Å². The minimum absolute atomic E-state index is 0.00150. The molecule has 3 heteroatoms. The summed E-state index contributed by atoms with van der Waals surface area (Å²) in [5.41, 5.74) is 12.8. The van der Waals surface area contributed by atoms with Crippen molar-refractivity contribution in [2.24, 2.45) is 4.99 Å². The van der Waals surface area contributed by atoms with Crippen LogP contribution in [0, 0.1) is 13.8 Å². The summed E-state index contributed by atoms with van der Waals surface area (Å²) in [6, 6.07) is 43.4. The molecule has 0 spiro atoms. The van der Waals surface area contributed by atoms with Gasteiger partial charge in [0.1, 0.15) is 5.01 Å². The van der Waals surface area contributed by atoms with Crippen LogP contribution in [0.2, 0.25) is 0 Å². The van der Waals surface area contributed by atoms with Crippen LogP contribution in [0.4, 0.5) is 5.69 Å². The van der Waals surface area contributed by atoms with Crippen LogP contribution >= 0.6 is 11.3 Å². The van der Waals surface area contributed by atoms with Gasteiger partial charge in [-0.1, -0.05) is 117 Å². The van der Waals surface area contributed by atoms with E-state index in [0.29, 0.717) is 0 Å². The zero-order valence-corrected chi connectivity index (χ0v) is 27.2. The van der Waals surface area contributed by atoms with Crippen LogP contribution in [0.3, 0.4) is 0 Å². The van der Waals surface area contributed by atoms with E-state index in [9.17, 15) is 0 Å². The molecule has 6 aromatic carbocycles. The molecule has 1 heterocycles. The number of nitrogens with zero attached hydrogens (tertiary/aromatic N) is 2. The molecule has 1 aromatic heterocycles. The van der Waals surface area contributed by atoms with Gasteiger partial charge in [-0.15, -0.1) is 11.3 Å². The van der Waals surface area contributed by atoms with Crippen LogP contribution in [0.15, 0.2) is 126 Å². The summed E-state index contributed by atoms with van der Waals surface area (Å²) in [4.78, 5) is 10.3. The van der Waals surface area contributed by atoms with E-state index < -0.39 is 0 Å². The normalized spacial score (nSPS) is 12.0. The average molecular weight is 601 g/mol. The Balaban J connectivity index is 1.36. The minimum Gasteiger partial charge on any atom is -0.256 e. The lowest BCUT2D eigenvalue weighted by atomic mass is 9.85. The van der Waals surface area contributed by atoms with E-state index in [4.69, 9.17) is 9.98 Å². The summed E-state index contributed by atoms with van der Waals surface area (Å²) in [5, 5.41) is 3.39. The molecule has 0 aliphatic carbocycles. The van der Waals surface area contributed by atoms with Gasteiger partial charge in [-0.2, -0.15) is 0 Å². The number of benzene rings is 6. The molecule has 0 unspecified atom stereocenters. The third kappa shape index (κ3) is 5.72. The third-order valence-electron chi connectivity index (χ3n) is 8.54. The Morgan fingerprint density at radius 2 is 1.40 bits per heavy atom. The van der Waals surface area contributed by atoms with Gasteiger partial charge in [0.2, 0.25) is 0 Å². The van der Waals surface area contributed by atoms with E-state index in [-0.39, 0.29) is 5.41 Å². The zero-order chi connectivity index (χ0) is 31.1. The molecule has 0 fully saturated rings. The highest BCUT2D eigenvalue weighted by atomic mass is 32.1. The fourth-order valence-corrected chi connectivity index (χ4v) is 7.03. The first-order chi connectivity index (χ1) is 21.7. The quantitative estimate of drug-likeness (QED) is 0.180. The van der Waals surface area contributed by atoms with Crippen molar-refractivity contribution in [3.63, 3.8) is 0 Å². The molecule has 45 heavy (non-hydrogen) atoms. The van der Waals surface area contributed by atoms with Crippen molar-refractivity contribution in [1.29, 1.82) is 0 Å². The Labute approximate surface area is 269 Å². The molecule has 0 amide bonds. The van der Waals surface area contributed by atoms with E-state index >= 15 is 0 Å². The molecule has 0 saturated carbocycles. The van der Waals surface area contributed by atoms with E-state index in [1.807, 2.05) is 6.21 Å². The van der Waals surface area contributed by atoms with Gasteiger partial charge in [0.15, 0.2) is 0 Å². The number of para-hydroxylation sites is 1. The van der Waals surface area contributed by atoms with Gasteiger partial charge in [-0.3, -0.25) is 4.99 Å². The smallest absolute Gasteiger partial charge is 0.126 e. The van der Waals surface area contributed by atoms with Crippen molar-refractivity contribution in [2.75, 3.05) is 0 Å². The minimum atomic E-state index is -0.00150. The summed E-state index contributed by atoms with van der Waals surface area (Å²) in [7, 11) is 0. The lowest BCUT2D eigenvalue weighted by molar-refractivity contribution is 0.591. The molecule has 2 nitrogen and oxygen atoms in total. The fourth-order valence-electron chi connectivity index (χ4n) is 5.97. The molecule has 0 saturated heterocycles. The number of rotatable bonds is 5. The molecule has 7 rings (SSSR count). The largest absolute Gasteiger partial charge is 0.256 e. The Bertz CT molecular complexity index is 2220. The van der Waals surface area contributed by atoms with Crippen LogP contribution in [-0.4, -0.2) is 11.2 Å². The zero-order valence-electron chi connectivity index (χ0n) is 26.4. The molecule has 0 aliphatic heterocycles. The summed E-state index contributed by atoms with van der Waals surface area (Å²) in [5.74, 6) is 0. The van der Waals surface area contributed by atoms with Gasteiger partial charge in [0, 0.05) is 22.9 Å². The molecule has 0 atom stereocenters. The topological polar surface area (TPSA) is 25.2 Å². The lowest BCUT2D eigenvalue weighted by Crippen LogP contribution is -2.11. The second kappa shape index (κ2) is 11.6.